The van der Waals surface area contributed by atoms with E-state index in [4.69, 9.17) is 5.11 Å². The van der Waals surface area contributed by atoms with Gasteiger partial charge in [-0.15, -0.1) is 0 Å². The van der Waals surface area contributed by atoms with E-state index in [9.17, 15) is 4.79 Å². The molecule has 43 valence electrons. The summed E-state index contributed by atoms with van der Waals surface area (Å²) in [7, 11) is 0. The van der Waals surface area contributed by atoms with Gasteiger partial charge < -0.3 is 11.3 Å². The van der Waals surface area contributed by atoms with Crippen LogP contribution in [0, 0.1) is 0 Å². The van der Waals surface area contributed by atoms with Gasteiger partial charge in [0.2, 0.25) is 0 Å². The Morgan fingerprint density at radius 3 is 1.75 bits per heavy atom. The van der Waals surface area contributed by atoms with E-state index < -0.39 is 5.97 Å². The first-order valence-electron chi connectivity index (χ1n) is 1.53. The standard InChI is InChI=1S/C4H6O2.H3N.Na/c1-3(2)4(5)6;;/h1H2,2H3,(H,5,6);1H3;. The first-order chi connectivity index (χ1) is 2.64. The molecule has 0 heterocycles. The van der Waals surface area contributed by atoms with Crippen molar-refractivity contribution in [3.8, 4) is 0 Å². The van der Waals surface area contributed by atoms with Crippen LogP contribution in [0.4, 0.5) is 0 Å². The van der Waals surface area contributed by atoms with Crippen molar-refractivity contribution in [2.45, 2.75) is 6.92 Å². The summed E-state index contributed by atoms with van der Waals surface area (Å²) in [5.41, 5.74) is 0.176. The molecular weight excluding hydrogens is 117 g/mol. The third-order valence-electron chi connectivity index (χ3n) is 0.365. The molecule has 0 aromatic carbocycles. The molecule has 0 atom stereocenters. The van der Waals surface area contributed by atoms with Crippen molar-refractivity contribution in [3.63, 3.8) is 0 Å². The fourth-order valence-corrected chi connectivity index (χ4v) is 0. The summed E-state index contributed by atoms with van der Waals surface area (Å²) in [6.07, 6.45) is 0. The summed E-state index contributed by atoms with van der Waals surface area (Å²) >= 11 is 0. The van der Waals surface area contributed by atoms with Crippen molar-refractivity contribution in [1.82, 2.24) is 6.15 Å². The van der Waals surface area contributed by atoms with Gasteiger partial charge in [0.25, 0.3) is 0 Å². The van der Waals surface area contributed by atoms with Crippen molar-refractivity contribution >= 4 is 35.5 Å². The number of aliphatic carboxylic acids is 1. The Morgan fingerprint density at radius 2 is 1.75 bits per heavy atom. The maximum atomic E-state index is 9.60. The summed E-state index contributed by atoms with van der Waals surface area (Å²) in [6.45, 7) is 4.60. The Morgan fingerprint density at radius 1 is 1.62 bits per heavy atom. The Bertz CT molecular complexity index is 80.0. The fraction of sp³-hybridized carbons (Fsp3) is 0.250. The molecule has 4 N–H and O–H groups in total. The third kappa shape index (κ3) is 9.48. The van der Waals surface area contributed by atoms with Gasteiger partial charge in [0, 0.05) is 35.1 Å². The average molecular weight is 126 g/mol. The molecule has 0 bridgehead atoms. The Kier molecular flexibility index (Phi) is 14.1. The van der Waals surface area contributed by atoms with Crippen molar-refractivity contribution in [3.05, 3.63) is 12.2 Å². The molecule has 0 aliphatic rings. The van der Waals surface area contributed by atoms with Crippen LogP contribution in [0.2, 0.25) is 0 Å². The topological polar surface area (TPSA) is 72.3 Å². The molecular formula is C4H9NNaO2. The van der Waals surface area contributed by atoms with Crippen molar-refractivity contribution in [1.29, 1.82) is 0 Å². The average Bonchev–Trinajstić information content (AvgIpc) is 1.36. The van der Waals surface area contributed by atoms with Gasteiger partial charge in [-0.2, -0.15) is 0 Å². The van der Waals surface area contributed by atoms with Crippen LogP contribution in [0.25, 0.3) is 0 Å². The van der Waals surface area contributed by atoms with Crippen LogP contribution in [0.15, 0.2) is 12.2 Å². The second kappa shape index (κ2) is 7.17. The minimum absolute atomic E-state index is 0. The maximum absolute atomic E-state index is 9.60. The van der Waals surface area contributed by atoms with E-state index in [0.717, 1.165) is 0 Å². The number of rotatable bonds is 1. The number of carboxylic acid groups (broad SMARTS) is 1. The first-order valence-corrected chi connectivity index (χ1v) is 1.53. The molecule has 0 saturated carbocycles. The number of carboxylic acids is 1. The molecule has 0 fully saturated rings. The summed E-state index contributed by atoms with van der Waals surface area (Å²) in [6, 6.07) is 0. The summed E-state index contributed by atoms with van der Waals surface area (Å²) in [5.74, 6) is -0.935. The fourth-order valence-electron chi connectivity index (χ4n) is 0. The number of hydrogen-bond donors (Lipinski definition) is 2. The molecule has 0 unspecified atom stereocenters. The molecule has 0 saturated heterocycles. The SMILES string of the molecule is C=C(C)C(=O)O.N.[Na]. The summed E-state index contributed by atoms with van der Waals surface area (Å²) in [4.78, 5) is 9.60. The van der Waals surface area contributed by atoms with Crippen LogP contribution in [0.1, 0.15) is 6.92 Å². The molecule has 8 heavy (non-hydrogen) atoms. The van der Waals surface area contributed by atoms with Crippen LogP contribution in [0.5, 0.6) is 0 Å². The Balaban J connectivity index is -0.000000125. The molecule has 3 nitrogen and oxygen atoms in total. The summed E-state index contributed by atoms with van der Waals surface area (Å²) in [5, 5.41) is 7.89. The first kappa shape index (κ1) is 15.7. The zero-order valence-corrected chi connectivity index (χ0v) is 7.27. The van der Waals surface area contributed by atoms with E-state index in [1.165, 1.54) is 6.92 Å². The van der Waals surface area contributed by atoms with Gasteiger partial charge in [0.15, 0.2) is 0 Å². The Labute approximate surface area is 70.6 Å². The van der Waals surface area contributed by atoms with Gasteiger partial charge in [-0.3, -0.25) is 0 Å². The molecule has 0 rings (SSSR count). The largest absolute Gasteiger partial charge is 0.478 e. The Hall–Kier alpha value is 0.170. The zero-order valence-electron chi connectivity index (χ0n) is 5.27. The predicted octanol–water partition coefficient (Wildman–Crippen LogP) is 0.428. The van der Waals surface area contributed by atoms with Crippen LogP contribution in [-0.4, -0.2) is 40.6 Å². The van der Waals surface area contributed by atoms with Gasteiger partial charge in [-0.05, 0) is 6.92 Å². The molecule has 0 aliphatic carbocycles. The number of carbonyl (C=O) groups is 1. The van der Waals surface area contributed by atoms with Crippen LogP contribution >= 0.6 is 0 Å². The van der Waals surface area contributed by atoms with Crippen molar-refractivity contribution < 1.29 is 9.90 Å². The van der Waals surface area contributed by atoms with E-state index in [1.807, 2.05) is 0 Å². The maximum Gasteiger partial charge on any atom is 0.330 e. The monoisotopic (exact) mass is 126 g/mol. The van der Waals surface area contributed by atoms with E-state index in [2.05, 4.69) is 6.58 Å². The van der Waals surface area contributed by atoms with Gasteiger partial charge in [0.05, 0.1) is 0 Å². The minimum Gasteiger partial charge on any atom is -0.478 e. The molecule has 1 radical (unpaired) electrons. The van der Waals surface area contributed by atoms with Crippen LogP contribution in [-0.2, 0) is 4.79 Å². The molecule has 0 aromatic heterocycles. The van der Waals surface area contributed by atoms with Crippen LogP contribution < -0.4 is 6.15 Å². The van der Waals surface area contributed by atoms with E-state index in [0.29, 0.717) is 0 Å². The van der Waals surface area contributed by atoms with Gasteiger partial charge in [0.1, 0.15) is 0 Å². The second-order valence-electron chi connectivity index (χ2n) is 1.09. The molecule has 0 aromatic rings. The molecule has 0 spiro atoms. The molecule has 0 amide bonds. The normalized spacial score (nSPS) is 5.62. The third-order valence-corrected chi connectivity index (χ3v) is 0.365. The van der Waals surface area contributed by atoms with Crippen molar-refractivity contribution in [2.75, 3.05) is 0 Å². The summed E-state index contributed by atoms with van der Waals surface area (Å²) < 4.78 is 0. The molecule has 0 aliphatic heterocycles. The second-order valence-corrected chi connectivity index (χ2v) is 1.09. The smallest absolute Gasteiger partial charge is 0.330 e. The van der Waals surface area contributed by atoms with Crippen LogP contribution in [0.3, 0.4) is 0 Å². The van der Waals surface area contributed by atoms with E-state index in [1.54, 1.807) is 0 Å². The van der Waals surface area contributed by atoms with Gasteiger partial charge in [-0.25, -0.2) is 4.79 Å². The van der Waals surface area contributed by atoms with Gasteiger partial charge in [-0.1, -0.05) is 6.58 Å². The predicted molar refractivity (Wildman–Crippen MR) is 33.2 cm³/mol. The quantitative estimate of drug-likeness (QED) is 0.395. The number of hydrogen-bond acceptors (Lipinski definition) is 2. The zero-order chi connectivity index (χ0) is 5.15. The minimum atomic E-state index is -0.935. The van der Waals surface area contributed by atoms with Crippen molar-refractivity contribution in [2.24, 2.45) is 0 Å². The van der Waals surface area contributed by atoms with Gasteiger partial charge >= 0.3 is 5.97 Å². The molecule has 4 heteroatoms. The van der Waals surface area contributed by atoms with E-state index >= 15 is 0 Å². The van der Waals surface area contributed by atoms with E-state index in [-0.39, 0.29) is 41.3 Å².